The van der Waals surface area contributed by atoms with Gasteiger partial charge in [0.25, 0.3) is 10.1 Å². The Labute approximate surface area is 255 Å². The van der Waals surface area contributed by atoms with Crippen molar-refractivity contribution >= 4 is 33.1 Å². The van der Waals surface area contributed by atoms with E-state index in [4.69, 9.17) is 8.92 Å². The number of anilines is 3. The number of rotatable bonds is 10. The third-order valence-corrected chi connectivity index (χ3v) is 8.85. The smallest absolute Gasteiger partial charge is 0.297 e. The maximum Gasteiger partial charge on any atom is 0.297 e. The normalized spacial score (nSPS) is 14.2. The molecule has 0 unspecified atom stereocenters. The fraction of sp³-hybridized carbons (Fsp3) is 0.258. The Morgan fingerprint density at radius 3 is 2.55 bits per heavy atom. The molecule has 0 spiro atoms. The Morgan fingerprint density at radius 2 is 1.77 bits per heavy atom. The van der Waals surface area contributed by atoms with E-state index < -0.39 is 15.9 Å². The highest BCUT2D eigenvalue weighted by Gasteiger charge is 2.21. The lowest BCUT2D eigenvalue weighted by Gasteiger charge is -2.36. The summed E-state index contributed by atoms with van der Waals surface area (Å²) in [4.78, 5) is 17.5. The number of ether oxygens (including phenoxy) is 1. The second-order valence-corrected chi connectivity index (χ2v) is 12.0. The molecule has 0 bridgehead atoms. The highest BCUT2D eigenvalue weighted by Crippen LogP contribution is 2.32. The summed E-state index contributed by atoms with van der Waals surface area (Å²) in [7, 11) is -2.19. The third kappa shape index (κ3) is 6.34. The maximum atomic E-state index is 14.8. The number of aryl methyl sites for hydroxylation is 1. The van der Waals surface area contributed by atoms with Crippen LogP contribution in [-0.2, 0) is 14.3 Å². The highest BCUT2D eigenvalue weighted by atomic mass is 32.2. The second-order valence-electron chi connectivity index (χ2n) is 10.4. The van der Waals surface area contributed by atoms with Gasteiger partial charge < -0.3 is 15.0 Å². The Morgan fingerprint density at radius 1 is 0.977 bits per heavy atom. The van der Waals surface area contributed by atoms with Gasteiger partial charge in [0, 0.05) is 50.7 Å². The topological polar surface area (TPSA) is 114 Å². The molecule has 0 radical (unpaired) electrons. The van der Waals surface area contributed by atoms with E-state index in [1.807, 2.05) is 43.3 Å². The minimum absolute atomic E-state index is 0.0921. The average molecular weight is 618 g/mol. The molecular weight excluding hydrogens is 585 g/mol. The van der Waals surface area contributed by atoms with Gasteiger partial charge in [0.15, 0.2) is 5.82 Å². The minimum atomic E-state index is -3.78. The maximum absolute atomic E-state index is 14.8. The molecular formula is C31H32FN7O4S. The summed E-state index contributed by atoms with van der Waals surface area (Å²) >= 11 is 0. The standard InChI is InChI=1S/C31H32FN7O4S/c1-22-6-9-24(10-7-22)44(40,41)43-18-17-37-13-15-38(16-14-37)23-8-11-26(28(19-23)42-2)35-31-34-20-25(32)30(36-31)27-21-33-29-5-3-4-12-39(27)29/h3-12,19-21H,13-18H2,1-2H3,(H,34,35,36). The zero-order valence-electron chi connectivity index (χ0n) is 24.4. The number of nitrogens with zero attached hydrogens (tertiary/aromatic N) is 6. The van der Waals surface area contributed by atoms with Crippen molar-refractivity contribution in [3.8, 4) is 17.1 Å². The number of benzene rings is 2. The summed E-state index contributed by atoms with van der Waals surface area (Å²) in [6.07, 6.45) is 4.52. The van der Waals surface area contributed by atoms with Crippen LogP contribution in [0.3, 0.4) is 0 Å². The van der Waals surface area contributed by atoms with Gasteiger partial charge in [0.05, 0.1) is 42.4 Å². The first kappa shape index (κ1) is 29.5. The second kappa shape index (κ2) is 12.6. The molecule has 4 heterocycles. The number of aromatic nitrogens is 4. The van der Waals surface area contributed by atoms with Crippen molar-refractivity contribution in [2.75, 3.05) is 56.7 Å². The summed E-state index contributed by atoms with van der Waals surface area (Å²) in [5.74, 6) is 0.254. The summed E-state index contributed by atoms with van der Waals surface area (Å²) < 4.78 is 52.4. The van der Waals surface area contributed by atoms with Crippen molar-refractivity contribution in [1.29, 1.82) is 0 Å². The molecule has 0 atom stereocenters. The summed E-state index contributed by atoms with van der Waals surface area (Å²) in [6.45, 7) is 5.53. The van der Waals surface area contributed by atoms with Crippen molar-refractivity contribution in [2.24, 2.45) is 0 Å². The Bertz CT molecular complexity index is 1870. The van der Waals surface area contributed by atoms with Gasteiger partial charge in [-0.3, -0.25) is 13.5 Å². The molecule has 0 aliphatic carbocycles. The lowest BCUT2D eigenvalue weighted by molar-refractivity contribution is 0.203. The van der Waals surface area contributed by atoms with Crippen molar-refractivity contribution in [1.82, 2.24) is 24.3 Å². The van der Waals surface area contributed by atoms with Crippen LogP contribution in [-0.4, -0.2) is 79.1 Å². The number of halogens is 1. The molecule has 3 aromatic heterocycles. The molecule has 1 aliphatic rings. The first-order chi connectivity index (χ1) is 21.3. The van der Waals surface area contributed by atoms with Gasteiger partial charge >= 0.3 is 0 Å². The number of hydrogen-bond acceptors (Lipinski definition) is 10. The molecule has 5 aromatic rings. The van der Waals surface area contributed by atoms with Gasteiger partial charge in [0.2, 0.25) is 5.95 Å². The largest absolute Gasteiger partial charge is 0.494 e. The fourth-order valence-electron chi connectivity index (χ4n) is 5.09. The van der Waals surface area contributed by atoms with Crippen molar-refractivity contribution < 1.29 is 21.7 Å². The van der Waals surface area contributed by atoms with Crippen LogP contribution < -0.4 is 15.0 Å². The summed E-state index contributed by atoms with van der Waals surface area (Å²) in [5.41, 5.74) is 3.94. The Hall–Kier alpha value is -4.59. The molecule has 1 N–H and O–H groups in total. The molecule has 1 saturated heterocycles. The fourth-order valence-corrected chi connectivity index (χ4v) is 5.99. The van der Waals surface area contributed by atoms with E-state index in [2.05, 4.69) is 30.1 Å². The van der Waals surface area contributed by atoms with Crippen LogP contribution in [0.5, 0.6) is 5.75 Å². The lowest BCUT2D eigenvalue weighted by atomic mass is 10.2. The first-order valence-corrected chi connectivity index (χ1v) is 15.5. The van der Waals surface area contributed by atoms with Crippen LogP contribution in [0.2, 0.25) is 0 Å². The molecule has 1 fully saturated rings. The van der Waals surface area contributed by atoms with Gasteiger partial charge in [-0.15, -0.1) is 0 Å². The number of pyridine rings is 1. The zero-order chi connectivity index (χ0) is 30.7. The van der Waals surface area contributed by atoms with Crippen LogP contribution in [0.25, 0.3) is 17.0 Å². The third-order valence-electron chi connectivity index (χ3n) is 7.53. The van der Waals surface area contributed by atoms with Crippen molar-refractivity contribution in [3.63, 3.8) is 0 Å². The first-order valence-electron chi connectivity index (χ1n) is 14.1. The van der Waals surface area contributed by atoms with E-state index >= 15 is 0 Å². The van der Waals surface area contributed by atoms with Crippen LogP contribution in [0.4, 0.5) is 21.7 Å². The van der Waals surface area contributed by atoms with Crippen molar-refractivity contribution in [2.45, 2.75) is 11.8 Å². The van der Waals surface area contributed by atoms with E-state index in [0.29, 0.717) is 29.3 Å². The van der Waals surface area contributed by atoms with Gasteiger partial charge in [0.1, 0.15) is 17.1 Å². The van der Waals surface area contributed by atoms with Crippen LogP contribution in [0.1, 0.15) is 5.56 Å². The SMILES string of the molecule is COc1cc(N2CCN(CCOS(=O)(=O)c3ccc(C)cc3)CC2)ccc1Nc1ncc(F)c(-c2cnc3ccccn23)n1. The number of methoxy groups -OCH3 is 1. The lowest BCUT2D eigenvalue weighted by Crippen LogP contribution is -2.47. The van der Waals surface area contributed by atoms with Gasteiger partial charge in [-0.05, 0) is 43.3 Å². The molecule has 11 nitrogen and oxygen atoms in total. The summed E-state index contributed by atoms with van der Waals surface area (Å²) in [5, 5.41) is 3.15. The van der Waals surface area contributed by atoms with Gasteiger partial charge in [-0.2, -0.15) is 8.42 Å². The Balaban J connectivity index is 1.07. The van der Waals surface area contributed by atoms with Crippen LogP contribution in [0, 0.1) is 12.7 Å². The van der Waals surface area contributed by atoms with E-state index in [1.165, 1.54) is 0 Å². The average Bonchev–Trinajstić information content (AvgIpc) is 3.47. The highest BCUT2D eigenvalue weighted by molar-refractivity contribution is 7.86. The molecule has 2 aromatic carbocycles. The number of piperazine rings is 1. The molecule has 44 heavy (non-hydrogen) atoms. The van der Waals surface area contributed by atoms with Gasteiger partial charge in [-0.1, -0.05) is 23.8 Å². The van der Waals surface area contributed by atoms with Gasteiger partial charge in [-0.25, -0.2) is 19.3 Å². The number of hydrogen-bond donors (Lipinski definition) is 1. The molecule has 6 rings (SSSR count). The number of fused-ring (bicyclic) bond motifs is 1. The van der Waals surface area contributed by atoms with E-state index in [0.717, 1.165) is 43.6 Å². The number of nitrogens with one attached hydrogen (secondary N) is 1. The monoisotopic (exact) mass is 617 g/mol. The van der Waals surface area contributed by atoms with Crippen molar-refractivity contribution in [3.05, 3.63) is 90.6 Å². The molecule has 13 heteroatoms. The predicted molar refractivity (Wildman–Crippen MR) is 165 cm³/mol. The molecule has 228 valence electrons. The zero-order valence-corrected chi connectivity index (χ0v) is 25.2. The molecule has 1 aliphatic heterocycles. The van der Waals surface area contributed by atoms with E-state index in [-0.39, 0.29) is 23.1 Å². The quantitative estimate of drug-likeness (QED) is 0.225. The van der Waals surface area contributed by atoms with E-state index in [9.17, 15) is 12.8 Å². The molecule has 0 amide bonds. The Kier molecular flexibility index (Phi) is 8.42. The van der Waals surface area contributed by atoms with E-state index in [1.54, 1.807) is 48.2 Å². The molecule has 0 saturated carbocycles. The predicted octanol–water partition coefficient (Wildman–Crippen LogP) is 4.52. The number of imidazole rings is 1. The van der Waals surface area contributed by atoms with Crippen LogP contribution >= 0.6 is 0 Å². The minimum Gasteiger partial charge on any atom is -0.494 e. The summed E-state index contributed by atoms with van der Waals surface area (Å²) in [6, 6.07) is 18.0. The van der Waals surface area contributed by atoms with Crippen LogP contribution in [0.15, 0.2) is 84.1 Å².